The Balaban J connectivity index is 4.49. The smallest absolute Gasteiger partial charge is 0.306 e. The Kier molecular flexibility index (Phi) is 60.0. The molecule has 0 rings (SSSR count). The van der Waals surface area contributed by atoms with E-state index in [0.29, 0.717) is 19.3 Å². The number of carbonyl (C=O) groups excluding carboxylic acids is 3. The van der Waals surface area contributed by atoms with Crippen LogP contribution in [-0.4, -0.2) is 37.2 Å². The number of unbranched alkanes of at least 4 members (excludes halogenated alkanes) is 15. The number of hydrogen-bond donors (Lipinski definition) is 0. The molecule has 0 aliphatic rings. The lowest BCUT2D eigenvalue weighted by atomic mass is 10.1. The molecule has 0 N–H and O–H groups in total. The van der Waals surface area contributed by atoms with Crippen LogP contribution < -0.4 is 0 Å². The van der Waals surface area contributed by atoms with Crippen molar-refractivity contribution in [1.29, 1.82) is 0 Å². The summed E-state index contributed by atoms with van der Waals surface area (Å²) in [6.45, 7) is 6.31. The largest absolute Gasteiger partial charge is 0.462 e. The Morgan fingerprint density at radius 1 is 0.269 bits per heavy atom. The summed E-state index contributed by atoms with van der Waals surface area (Å²) in [6.07, 6.45) is 95.0. The lowest BCUT2D eigenvalue weighted by Gasteiger charge is -2.18. The van der Waals surface area contributed by atoms with Crippen LogP contribution in [0.25, 0.3) is 0 Å². The molecule has 1 unspecified atom stereocenters. The van der Waals surface area contributed by atoms with Gasteiger partial charge in [0.05, 0.1) is 0 Å². The third-order valence-electron chi connectivity index (χ3n) is 12.4. The molecule has 436 valence electrons. The second kappa shape index (κ2) is 64.3. The first-order valence-electron chi connectivity index (χ1n) is 31.1. The molecule has 0 radical (unpaired) electrons. The van der Waals surface area contributed by atoms with Crippen molar-refractivity contribution >= 4 is 17.9 Å². The monoisotopic (exact) mass is 1070 g/mol. The Morgan fingerprint density at radius 2 is 0.513 bits per heavy atom. The van der Waals surface area contributed by atoms with Gasteiger partial charge in [0.25, 0.3) is 0 Å². The highest BCUT2D eigenvalue weighted by Crippen LogP contribution is 2.13. The molecule has 6 nitrogen and oxygen atoms in total. The molecular weight excluding hydrogens is 961 g/mol. The Labute approximate surface area is 479 Å². The fourth-order valence-electron chi connectivity index (χ4n) is 7.84. The lowest BCUT2D eigenvalue weighted by Crippen LogP contribution is -2.30. The molecule has 0 spiro atoms. The fourth-order valence-corrected chi connectivity index (χ4v) is 7.84. The quantitative estimate of drug-likeness (QED) is 0.0261. The summed E-state index contributed by atoms with van der Waals surface area (Å²) in [4.78, 5) is 38.2. The van der Waals surface area contributed by atoms with Gasteiger partial charge in [-0.3, -0.25) is 14.4 Å². The van der Waals surface area contributed by atoms with Gasteiger partial charge >= 0.3 is 17.9 Å². The van der Waals surface area contributed by atoms with Crippen LogP contribution >= 0.6 is 0 Å². The van der Waals surface area contributed by atoms with Crippen LogP contribution in [0, 0.1) is 0 Å². The molecule has 0 aliphatic carbocycles. The first-order chi connectivity index (χ1) is 38.5. The maximum atomic E-state index is 12.9. The zero-order valence-corrected chi connectivity index (χ0v) is 49.9. The molecule has 0 fully saturated rings. The minimum Gasteiger partial charge on any atom is -0.462 e. The average molecular weight is 1070 g/mol. The van der Waals surface area contributed by atoms with Crippen LogP contribution in [0.15, 0.2) is 170 Å². The zero-order chi connectivity index (χ0) is 56.4. The first kappa shape index (κ1) is 72.8. The average Bonchev–Trinajstić information content (AvgIpc) is 3.44. The standard InChI is InChI=1S/C72H112O6/c1-4-7-10-13-16-19-22-25-28-30-31-32-33-34-35-36-37-38-39-40-41-43-44-47-50-53-56-59-62-65-71(74)77-68-69(67-76-70(73)64-61-58-55-52-49-46-27-24-21-18-15-12-9-6-3)78-72(75)66-63-60-57-54-51-48-45-42-29-26-23-20-17-14-11-8-5-2/h7-8,10-11,16-17,19-20,24-29,31-32,34-35,37-38,40-41,44-45,47-48,54,57,69H,4-6,9,12-15,18,21-23,30,33,36,39,42-43,46,49-53,55-56,58-68H2,1-3H3/b10-7-,11-8-,19-16-,20-17-,27-24-,28-25-,29-26-,32-31-,35-34-,38-37-,41-40-,47-44-,48-45-,57-54-. The molecule has 78 heavy (non-hydrogen) atoms. The number of ether oxygens (including phenoxy) is 3. The second-order valence-corrected chi connectivity index (χ2v) is 19.8. The second-order valence-electron chi connectivity index (χ2n) is 19.8. The molecular formula is C72H112O6. The molecule has 0 aromatic carbocycles. The summed E-state index contributed by atoms with van der Waals surface area (Å²) in [5.41, 5.74) is 0. The van der Waals surface area contributed by atoms with E-state index in [1.54, 1.807) is 0 Å². The summed E-state index contributed by atoms with van der Waals surface area (Å²) in [5.74, 6) is -1.02. The van der Waals surface area contributed by atoms with Gasteiger partial charge in [0, 0.05) is 19.3 Å². The predicted molar refractivity (Wildman–Crippen MR) is 338 cm³/mol. The third-order valence-corrected chi connectivity index (χ3v) is 12.4. The van der Waals surface area contributed by atoms with E-state index in [9.17, 15) is 14.4 Å². The van der Waals surface area contributed by atoms with Crippen molar-refractivity contribution in [3.8, 4) is 0 Å². The van der Waals surface area contributed by atoms with Gasteiger partial charge in [0.15, 0.2) is 6.10 Å². The van der Waals surface area contributed by atoms with Crippen molar-refractivity contribution < 1.29 is 28.6 Å². The van der Waals surface area contributed by atoms with Gasteiger partial charge in [0.2, 0.25) is 0 Å². The normalized spacial score (nSPS) is 13.3. The molecule has 0 aromatic rings. The lowest BCUT2D eigenvalue weighted by molar-refractivity contribution is -0.167. The van der Waals surface area contributed by atoms with Gasteiger partial charge in [-0.2, -0.15) is 0 Å². The third kappa shape index (κ3) is 61.6. The number of hydrogen-bond acceptors (Lipinski definition) is 6. The molecule has 1 atom stereocenters. The number of esters is 3. The van der Waals surface area contributed by atoms with Crippen LogP contribution in [0.4, 0.5) is 0 Å². The highest BCUT2D eigenvalue weighted by Gasteiger charge is 2.19. The van der Waals surface area contributed by atoms with Gasteiger partial charge in [-0.25, -0.2) is 0 Å². The van der Waals surface area contributed by atoms with E-state index in [-0.39, 0.29) is 37.5 Å². The van der Waals surface area contributed by atoms with Gasteiger partial charge in [-0.1, -0.05) is 249 Å². The van der Waals surface area contributed by atoms with Crippen LogP contribution in [0.1, 0.15) is 245 Å². The topological polar surface area (TPSA) is 78.9 Å². The highest BCUT2D eigenvalue weighted by molar-refractivity contribution is 5.71. The van der Waals surface area contributed by atoms with Crippen molar-refractivity contribution in [2.45, 2.75) is 252 Å². The minimum absolute atomic E-state index is 0.121. The fraction of sp³-hybridized carbons (Fsp3) is 0.569. The Hall–Kier alpha value is -5.23. The Bertz CT molecular complexity index is 1810. The summed E-state index contributed by atoms with van der Waals surface area (Å²) in [5, 5.41) is 0. The van der Waals surface area contributed by atoms with Crippen molar-refractivity contribution in [3.05, 3.63) is 170 Å². The van der Waals surface area contributed by atoms with Crippen LogP contribution in [0.2, 0.25) is 0 Å². The summed E-state index contributed by atoms with van der Waals surface area (Å²) in [6, 6.07) is 0. The Morgan fingerprint density at radius 3 is 0.833 bits per heavy atom. The van der Waals surface area contributed by atoms with E-state index >= 15 is 0 Å². The summed E-state index contributed by atoms with van der Waals surface area (Å²) >= 11 is 0. The molecule has 0 heterocycles. The number of allylic oxidation sites excluding steroid dienone is 28. The molecule has 0 aromatic heterocycles. The van der Waals surface area contributed by atoms with Crippen LogP contribution in [-0.2, 0) is 28.6 Å². The maximum absolute atomic E-state index is 12.9. The van der Waals surface area contributed by atoms with Crippen molar-refractivity contribution in [2.24, 2.45) is 0 Å². The summed E-state index contributed by atoms with van der Waals surface area (Å²) in [7, 11) is 0. The van der Waals surface area contributed by atoms with Gasteiger partial charge in [-0.05, 0) is 148 Å². The maximum Gasteiger partial charge on any atom is 0.306 e. The van der Waals surface area contributed by atoms with E-state index in [1.165, 1.54) is 44.9 Å². The van der Waals surface area contributed by atoms with E-state index in [4.69, 9.17) is 14.2 Å². The molecule has 0 aliphatic heterocycles. The molecule has 6 heteroatoms. The van der Waals surface area contributed by atoms with Crippen molar-refractivity contribution in [2.75, 3.05) is 13.2 Å². The summed E-state index contributed by atoms with van der Waals surface area (Å²) < 4.78 is 16.8. The van der Waals surface area contributed by atoms with Crippen LogP contribution in [0.3, 0.4) is 0 Å². The van der Waals surface area contributed by atoms with E-state index in [1.807, 2.05) is 0 Å². The van der Waals surface area contributed by atoms with Gasteiger partial charge in [-0.15, -0.1) is 0 Å². The van der Waals surface area contributed by atoms with E-state index in [2.05, 4.69) is 191 Å². The molecule has 0 saturated carbocycles. The van der Waals surface area contributed by atoms with Crippen LogP contribution in [0.5, 0.6) is 0 Å². The van der Waals surface area contributed by atoms with Crippen molar-refractivity contribution in [3.63, 3.8) is 0 Å². The van der Waals surface area contributed by atoms with E-state index < -0.39 is 6.10 Å². The molecule has 0 saturated heterocycles. The number of carbonyl (C=O) groups is 3. The first-order valence-corrected chi connectivity index (χ1v) is 31.1. The van der Waals surface area contributed by atoms with Crippen molar-refractivity contribution in [1.82, 2.24) is 0 Å². The predicted octanol–water partition coefficient (Wildman–Crippen LogP) is 21.5. The minimum atomic E-state index is -0.832. The zero-order valence-electron chi connectivity index (χ0n) is 49.9. The highest BCUT2D eigenvalue weighted by atomic mass is 16.6. The van der Waals surface area contributed by atoms with E-state index in [0.717, 1.165) is 154 Å². The van der Waals surface area contributed by atoms with Gasteiger partial charge in [0.1, 0.15) is 13.2 Å². The molecule has 0 bridgehead atoms. The number of rotatable bonds is 54. The van der Waals surface area contributed by atoms with Gasteiger partial charge < -0.3 is 14.2 Å². The SMILES string of the molecule is CC/C=C\C/C=C\C/C=C\C/C=C\C/C=C\C/C=C\C/C=C\C/C=C\CCCCCCC(=O)OCC(COC(=O)CCCCCCC/C=C\CCCCCCC)OC(=O)CCC/C=C\C/C=C\C/C=C\C/C=C\C/C=C\CC. The molecule has 0 amide bonds.